The van der Waals surface area contributed by atoms with Crippen LogP contribution in [0.25, 0.3) is 0 Å². The zero-order valence-corrected chi connectivity index (χ0v) is 12.4. The standard InChI is InChI=1S/C12H22F3.Na/c1-11(14)12(15)9-7-5-3-2-4-6-8-10-13;/h11-12H,1-10H2;. The third-order valence-electron chi connectivity index (χ3n) is 2.90. The van der Waals surface area contributed by atoms with Crippen molar-refractivity contribution in [3.8, 4) is 0 Å². The average Bonchev–Trinajstić information content (AvgIpc) is 2.31. The maximum atomic E-state index is 13.1. The molecule has 0 aliphatic carbocycles. The SMILES string of the molecule is FCCCCCCCCCC(F)C(F)[CH2][Na]. The van der Waals surface area contributed by atoms with Gasteiger partial charge in [-0.3, -0.25) is 4.39 Å². The summed E-state index contributed by atoms with van der Waals surface area (Å²) in [6.07, 6.45) is 4.50. The van der Waals surface area contributed by atoms with Crippen LogP contribution in [0.15, 0.2) is 0 Å². The number of rotatable bonds is 11. The molecule has 0 fully saturated rings. The van der Waals surface area contributed by atoms with Crippen LogP contribution >= 0.6 is 0 Å². The molecule has 92 valence electrons. The van der Waals surface area contributed by atoms with Crippen molar-refractivity contribution in [3.05, 3.63) is 0 Å². The van der Waals surface area contributed by atoms with E-state index < -0.39 is 12.3 Å². The second-order valence-corrected chi connectivity index (χ2v) is 5.21. The molecule has 0 saturated carbocycles. The van der Waals surface area contributed by atoms with E-state index in [1.807, 2.05) is 0 Å². The van der Waals surface area contributed by atoms with Crippen LogP contribution < -0.4 is 0 Å². The zero-order chi connectivity index (χ0) is 12.2. The second-order valence-electron chi connectivity index (χ2n) is 4.39. The van der Waals surface area contributed by atoms with E-state index in [1.54, 1.807) is 0 Å². The van der Waals surface area contributed by atoms with Crippen LogP contribution in [0.4, 0.5) is 13.2 Å². The Balaban J connectivity index is 3.14. The van der Waals surface area contributed by atoms with Gasteiger partial charge in [-0.2, -0.15) is 0 Å². The van der Waals surface area contributed by atoms with Crippen LogP contribution in [0.2, 0.25) is 3.67 Å². The van der Waals surface area contributed by atoms with Crippen molar-refractivity contribution < 1.29 is 13.2 Å². The number of unbranched alkanes of at least 4 members (excludes halogenated alkanes) is 6. The number of halogens is 3. The van der Waals surface area contributed by atoms with Crippen molar-refractivity contribution in [1.82, 2.24) is 0 Å². The van der Waals surface area contributed by atoms with Crippen molar-refractivity contribution in [2.75, 3.05) is 6.67 Å². The Morgan fingerprint density at radius 3 is 1.75 bits per heavy atom. The van der Waals surface area contributed by atoms with E-state index in [-0.39, 0.29) is 6.67 Å². The molecular weight excluding hydrogens is 224 g/mol. The van der Waals surface area contributed by atoms with Crippen molar-refractivity contribution in [2.24, 2.45) is 0 Å². The van der Waals surface area contributed by atoms with Crippen molar-refractivity contribution in [1.29, 1.82) is 0 Å². The van der Waals surface area contributed by atoms with Gasteiger partial charge in [0.05, 0.1) is 0 Å². The van der Waals surface area contributed by atoms with Gasteiger partial charge in [-0.05, 0) is 0 Å². The van der Waals surface area contributed by atoms with Gasteiger partial charge in [0, 0.05) is 0 Å². The Kier molecular flexibility index (Phi) is 12.9. The van der Waals surface area contributed by atoms with Crippen molar-refractivity contribution in [2.45, 2.75) is 67.4 Å². The molecule has 0 heterocycles. The summed E-state index contributed by atoms with van der Waals surface area (Å²) in [5.41, 5.74) is 0. The predicted molar refractivity (Wildman–Crippen MR) is 63.3 cm³/mol. The van der Waals surface area contributed by atoms with E-state index in [0.29, 0.717) is 16.5 Å². The average molecular weight is 246 g/mol. The van der Waals surface area contributed by atoms with Crippen LogP contribution in [0.5, 0.6) is 0 Å². The molecule has 0 bridgehead atoms. The second kappa shape index (κ2) is 12.3. The molecule has 2 unspecified atom stereocenters. The third-order valence-corrected chi connectivity index (χ3v) is 3.68. The molecule has 0 spiro atoms. The molecule has 0 aromatic rings. The van der Waals surface area contributed by atoms with Gasteiger partial charge in [0.2, 0.25) is 0 Å². The van der Waals surface area contributed by atoms with E-state index >= 15 is 0 Å². The van der Waals surface area contributed by atoms with Gasteiger partial charge in [0.15, 0.2) is 0 Å². The molecule has 0 aliphatic rings. The van der Waals surface area contributed by atoms with Gasteiger partial charge in [-0.15, -0.1) is 0 Å². The summed E-state index contributed by atoms with van der Waals surface area (Å²) in [5.74, 6) is 0. The summed E-state index contributed by atoms with van der Waals surface area (Å²) < 4.78 is 38.1. The molecule has 0 radical (unpaired) electrons. The normalized spacial score (nSPS) is 15.1. The van der Waals surface area contributed by atoms with Gasteiger partial charge >= 0.3 is 111 Å². The molecule has 0 aliphatic heterocycles. The van der Waals surface area contributed by atoms with Gasteiger partial charge in [-0.1, -0.05) is 0 Å². The fraction of sp³-hybridized carbons (Fsp3) is 1.00. The summed E-state index contributed by atoms with van der Waals surface area (Å²) in [7, 11) is 0. The quantitative estimate of drug-likeness (QED) is 0.376. The third kappa shape index (κ3) is 9.98. The van der Waals surface area contributed by atoms with Gasteiger partial charge in [-0.25, -0.2) is 0 Å². The first-order valence-corrected chi connectivity index (χ1v) is 7.97. The molecule has 16 heavy (non-hydrogen) atoms. The summed E-state index contributed by atoms with van der Waals surface area (Å²) in [6.45, 7) is -0.220. The minimum absolute atomic E-state index is 0.220. The Morgan fingerprint density at radius 2 is 1.25 bits per heavy atom. The van der Waals surface area contributed by atoms with E-state index in [4.69, 9.17) is 0 Å². The minimum atomic E-state index is -1.25. The Labute approximate surface area is 115 Å². The summed E-state index contributed by atoms with van der Waals surface area (Å²) >= 11 is 0.736. The number of hydrogen-bond donors (Lipinski definition) is 0. The first kappa shape index (κ1) is 16.8. The summed E-state index contributed by atoms with van der Waals surface area (Å²) in [5, 5.41) is 0. The molecule has 0 nitrogen and oxygen atoms in total. The van der Waals surface area contributed by atoms with E-state index in [1.165, 1.54) is 0 Å². The Morgan fingerprint density at radius 1 is 0.750 bits per heavy atom. The maximum absolute atomic E-state index is 13.1. The van der Waals surface area contributed by atoms with Crippen LogP contribution in [0.3, 0.4) is 0 Å². The van der Waals surface area contributed by atoms with Gasteiger partial charge in [0.1, 0.15) is 0 Å². The first-order chi connectivity index (χ1) is 7.72. The van der Waals surface area contributed by atoms with Gasteiger partial charge in [0.25, 0.3) is 0 Å². The topological polar surface area (TPSA) is 0 Å². The molecule has 0 aromatic carbocycles. The van der Waals surface area contributed by atoms with Crippen LogP contribution in [0, 0.1) is 0 Å². The van der Waals surface area contributed by atoms with Crippen LogP contribution in [-0.4, -0.2) is 46.9 Å². The fourth-order valence-electron chi connectivity index (χ4n) is 1.75. The number of hydrogen-bond acceptors (Lipinski definition) is 0. The summed E-state index contributed by atoms with van der Waals surface area (Å²) in [4.78, 5) is 0. The van der Waals surface area contributed by atoms with Gasteiger partial charge < -0.3 is 0 Å². The van der Waals surface area contributed by atoms with Crippen LogP contribution in [0.1, 0.15) is 51.4 Å². The van der Waals surface area contributed by atoms with Crippen molar-refractivity contribution >= 4 is 27.9 Å². The van der Waals surface area contributed by atoms with E-state index in [2.05, 4.69) is 0 Å². The Bertz CT molecular complexity index is 144. The van der Waals surface area contributed by atoms with Crippen LogP contribution in [-0.2, 0) is 0 Å². The molecule has 0 N–H and O–H groups in total. The predicted octanol–water partition coefficient (Wildman–Crippen LogP) is 4.34. The molecule has 0 aromatic heterocycles. The first-order valence-electron chi connectivity index (χ1n) is 6.56. The zero-order valence-electron chi connectivity index (χ0n) is 10.4. The Hall–Kier alpha value is 0.790. The van der Waals surface area contributed by atoms with E-state index in [9.17, 15) is 13.2 Å². The van der Waals surface area contributed by atoms with E-state index in [0.717, 1.165) is 66.5 Å². The number of alkyl halides is 3. The summed E-state index contributed by atoms with van der Waals surface area (Å²) in [6, 6.07) is 0. The molecule has 2 atom stereocenters. The molecule has 0 saturated heterocycles. The molecule has 0 amide bonds. The molecule has 4 heteroatoms. The molecule has 0 rings (SSSR count). The molecular formula is C12H22F3Na. The van der Waals surface area contributed by atoms with Crippen molar-refractivity contribution in [3.63, 3.8) is 0 Å². The monoisotopic (exact) mass is 246 g/mol. The fourth-order valence-corrected chi connectivity index (χ4v) is 2.27.